The Labute approximate surface area is 114 Å². The summed E-state index contributed by atoms with van der Waals surface area (Å²) in [6.07, 6.45) is 17.4. The van der Waals surface area contributed by atoms with E-state index < -0.39 is 8.25 Å². The van der Waals surface area contributed by atoms with Crippen LogP contribution in [0.5, 0.6) is 0 Å². The Balaban J connectivity index is 0. The summed E-state index contributed by atoms with van der Waals surface area (Å²) >= 11 is 0. The first-order chi connectivity index (χ1) is 8.65. The van der Waals surface area contributed by atoms with Crippen molar-refractivity contribution in [1.29, 1.82) is 0 Å². The molecule has 2 N–H and O–H groups in total. The normalized spacial score (nSPS) is 10.3. The summed E-state index contributed by atoms with van der Waals surface area (Å²) in [4.78, 5) is 14.3. The van der Waals surface area contributed by atoms with E-state index in [9.17, 15) is 0 Å². The first-order valence-corrected chi connectivity index (χ1v) is 8.87. The monoisotopic (exact) mass is 280 g/mol. The van der Waals surface area contributed by atoms with E-state index >= 15 is 0 Å². The zero-order valence-corrected chi connectivity index (χ0v) is 13.3. The molecule has 0 atom stereocenters. The van der Waals surface area contributed by atoms with Crippen molar-refractivity contribution in [2.45, 2.75) is 90.9 Å². The van der Waals surface area contributed by atoms with Gasteiger partial charge in [0.25, 0.3) is 0 Å². The first-order valence-electron chi connectivity index (χ1n) is 7.57. The highest BCUT2D eigenvalue weighted by atomic mass is 31.1. The summed E-state index contributed by atoms with van der Waals surface area (Å²) in [7, 11) is -3.13. The molecule has 0 fully saturated rings. The summed E-state index contributed by atoms with van der Waals surface area (Å²) < 4.78 is 8.74. The van der Waals surface area contributed by atoms with E-state index in [4.69, 9.17) is 14.4 Å². The van der Waals surface area contributed by atoms with Gasteiger partial charge in [-0.3, -0.25) is 4.57 Å². The topological polar surface area (TPSA) is 57.5 Å². The SMILES string of the molecule is CCCCCCCCCCCCCC.O=[PH](O)O. The molecular weight excluding hydrogens is 247 g/mol. The van der Waals surface area contributed by atoms with Crippen molar-refractivity contribution in [3.05, 3.63) is 0 Å². The molecule has 0 saturated heterocycles. The molecule has 0 aliphatic rings. The third-order valence-electron chi connectivity index (χ3n) is 2.96. The summed E-state index contributed by atoms with van der Waals surface area (Å²) in [5.74, 6) is 0. The molecular formula is C14H33O3P. The molecule has 0 aromatic rings. The van der Waals surface area contributed by atoms with E-state index in [1.165, 1.54) is 77.0 Å². The third kappa shape index (κ3) is 29.8. The Bertz CT molecular complexity index is 147. The maximum atomic E-state index is 8.74. The Morgan fingerprint density at radius 3 is 0.944 bits per heavy atom. The number of hydrogen-bond acceptors (Lipinski definition) is 1. The Hall–Kier alpha value is 0.150. The van der Waals surface area contributed by atoms with Crippen molar-refractivity contribution in [2.75, 3.05) is 0 Å². The van der Waals surface area contributed by atoms with E-state index in [1.54, 1.807) is 0 Å². The highest BCUT2D eigenvalue weighted by molar-refractivity contribution is 7.30. The summed E-state index contributed by atoms with van der Waals surface area (Å²) in [6.45, 7) is 4.57. The fourth-order valence-electron chi connectivity index (χ4n) is 1.91. The first kappa shape index (κ1) is 20.5. The minimum atomic E-state index is -3.13. The molecule has 0 amide bonds. The largest absolute Gasteiger partial charge is 0.326 e. The van der Waals surface area contributed by atoms with Gasteiger partial charge in [-0.2, -0.15) is 0 Å². The predicted octanol–water partition coefficient (Wildman–Crippen LogP) is 5.07. The van der Waals surface area contributed by atoms with E-state index in [0.29, 0.717) is 0 Å². The van der Waals surface area contributed by atoms with E-state index in [1.807, 2.05) is 0 Å². The molecule has 0 heterocycles. The van der Waals surface area contributed by atoms with Gasteiger partial charge >= 0.3 is 8.25 Å². The van der Waals surface area contributed by atoms with Crippen LogP contribution in [0.15, 0.2) is 0 Å². The molecule has 0 bridgehead atoms. The zero-order valence-electron chi connectivity index (χ0n) is 12.3. The molecule has 0 unspecified atom stereocenters. The van der Waals surface area contributed by atoms with Gasteiger partial charge in [-0.25, -0.2) is 0 Å². The van der Waals surface area contributed by atoms with Crippen LogP contribution in [0.2, 0.25) is 0 Å². The van der Waals surface area contributed by atoms with Gasteiger partial charge in [0.15, 0.2) is 0 Å². The molecule has 112 valence electrons. The smallest absolute Gasteiger partial charge is 0.314 e. The van der Waals surface area contributed by atoms with Gasteiger partial charge in [-0.1, -0.05) is 90.9 Å². The second kappa shape index (κ2) is 19.5. The second-order valence-corrected chi connectivity index (χ2v) is 5.38. The van der Waals surface area contributed by atoms with Crippen molar-refractivity contribution in [1.82, 2.24) is 0 Å². The van der Waals surface area contributed by atoms with Gasteiger partial charge < -0.3 is 9.79 Å². The Morgan fingerprint density at radius 1 is 0.611 bits per heavy atom. The second-order valence-electron chi connectivity index (χ2n) is 4.82. The van der Waals surface area contributed by atoms with Gasteiger partial charge in [0.1, 0.15) is 0 Å². The van der Waals surface area contributed by atoms with Crippen molar-refractivity contribution >= 4 is 8.25 Å². The Kier molecular flexibility index (Phi) is 22.2. The average Bonchev–Trinajstić information content (AvgIpc) is 2.31. The molecule has 0 saturated carbocycles. The van der Waals surface area contributed by atoms with Crippen LogP contribution < -0.4 is 0 Å². The molecule has 4 heteroatoms. The van der Waals surface area contributed by atoms with Crippen LogP contribution in [0.4, 0.5) is 0 Å². The zero-order chi connectivity index (χ0) is 14.1. The van der Waals surface area contributed by atoms with Gasteiger partial charge in [-0.15, -0.1) is 0 Å². The van der Waals surface area contributed by atoms with E-state index in [2.05, 4.69) is 13.8 Å². The minimum absolute atomic E-state index is 1.37. The quantitative estimate of drug-likeness (QED) is 0.410. The molecule has 0 radical (unpaired) electrons. The highest BCUT2D eigenvalue weighted by Gasteiger charge is 1.91. The van der Waals surface area contributed by atoms with Crippen LogP contribution in [0.3, 0.4) is 0 Å². The van der Waals surface area contributed by atoms with Crippen LogP contribution in [-0.4, -0.2) is 9.79 Å². The fraction of sp³-hybridized carbons (Fsp3) is 1.00. The van der Waals surface area contributed by atoms with Crippen LogP contribution in [0, 0.1) is 0 Å². The van der Waals surface area contributed by atoms with Crippen molar-refractivity contribution in [3.8, 4) is 0 Å². The molecule has 0 aromatic heterocycles. The van der Waals surface area contributed by atoms with Crippen LogP contribution >= 0.6 is 8.25 Å². The lowest BCUT2D eigenvalue weighted by molar-refractivity contribution is 0.405. The van der Waals surface area contributed by atoms with Gasteiger partial charge in [0.2, 0.25) is 0 Å². The number of hydrogen-bond donors (Lipinski definition) is 2. The molecule has 3 nitrogen and oxygen atoms in total. The molecule has 0 aliphatic heterocycles. The summed E-state index contributed by atoms with van der Waals surface area (Å²) in [6, 6.07) is 0. The minimum Gasteiger partial charge on any atom is -0.326 e. The summed E-state index contributed by atoms with van der Waals surface area (Å²) in [5.41, 5.74) is 0. The predicted molar refractivity (Wildman–Crippen MR) is 80.2 cm³/mol. The summed E-state index contributed by atoms with van der Waals surface area (Å²) in [5, 5.41) is 0. The number of rotatable bonds is 11. The third-order valence-corrected chi connectivity index (χ3v) is 2.96. The molecule has 18 heavy (non-hydrogen) atoms. The Morgan fingerprint density at radius 2 is 0.778 bits per heavy atom. The highest BCUT2D eigenvalue weighted by Crippen LogP contribution is 2.11. The van der Waals surface area contributed by atoms with E-state index in [0.717, 1.165) is 0 Å². The lowest BCUT2D eigenvalue weighted by Crippen LogP contribution is -1.81. The number of unbranched alkanes of at least 4 members (excludes halogenated alkanes) is 11. The fourth-order valence-corrected chi connectivity index (χ4v) is 1.91. The van der Waals surface area contributed by atoms with Crippen LogP contribution in [-0.2, 0) is 4.57 Å². The molecule has 0 aromatic carbocycles. The lowest BCUT2D eigenvalue weighted by atomic mass is 10.1. The van der Waals surface area contributed by atoms with Crippen molar-refractivity contribution in [2.24, 2.45) is 0 Å². The van der Waals surface area contributed by atoms with Crippen LogP contribution in [0.25, 0.3) is 0 Å². The van der Waals surface area contributed by atoms with Gasteiger partial charge in [0, 0.05) is 0 Å². The van der Waals surface area contributed by atoms with Crippen LogP contribution in [0.1, 0.15) is 90.9 Å². The maximum Gasteiger partial charge on any atom is 0.314 e. The van der Waals surface area contributed by atoms with Crippen molar-refractivity contribution < 1.29 is 14.4 Å². The molecule has 0 aliphatic carbocycles. The van der Waals surface area contributed by atoms with Gasteiger partial charge in [0.05, 0.1) is 0 Å². The maximum absolute atomic E-state index is 8.74. The average molecular weight is 280 g/mol. The van der Waals surface area contributed by atoms with E-state index in [-0.39, 0.29) is 0 Å². The molecule has 0 rings (SSSR count). The standard InChI is InChI=1S/C14H30.H3O3P/c1-3-5-7-9-11-13-14-12-10-8-6-4-2;1-4(2)3/h3-14H2,1-2H3;4H,(H2,1,2,3). The van der Waals surface area contributed by atoms with Crippen molar-refractivity contribution in [3.63, 3.8) is 0 Å². The lowest BCUT2D eigenvalue weighted by Gasteiger charge is -2.01. The molecule has 0 spiro atoms. The van der Waals surface area contributed by atoms with Gasteiger partial charge in [-0.05, 0) is 0 Å².